The van der Waals surface area contributed by atoms with Gasteiger partial charge >= 0.3 is 0 Å². The highest BCUT2D eigenvalue weighted by atomic mass is 79.9. The van der Waals surface area contributed by atoms with E-state index in [1.807, 2.05) is 54.0 Å². The molecule has 0 fully saturated rings. The molecular weight excluding hydrogens is 534 g/mol. The summed E-state index contributed by atoms with van der Waals surface area (Å²) in [7, 11) is 0. The van der Waals surface area contributed by atoms with E-state index >= 15 is 0 Å². The summed E-state index contributed by atoms with van der Waals surface area (Å²) in [5.41, 5.74) is 2.46. The third-order valence-electron chi connectivity index (χ3n) is 4.64. The lowest BCUT2D eigenvalue weighted by atomic mass is 10.2. The van der Waals surface area contributed by atoms with E-state index in [0.29, 0.717) is 27.6 Å². The molecule has 0 saturated heterocycles. The molecule has 5 nitrogen and oxygen atoms in total. The molecule has 33 heavy (non-hydrogen) atoms. The zero-order valence-corrected chi connectivity index (χ0v) is 20.3. The first-order valence-corrected chi connectivity index (χ1v) is 11.8. The SMILES string of the molecule is Cc1ccc(-n2c(SCC(=O)Nc3c(F)cc(F)cc3Br)nnc2-c2ccccc2Cl)cc1. The van der Waals surface area contributed by atoms with Gasteiger partial charge in [0.05, 0.1) is 16.5 Å². The molecule has 1 heterocycles. The molecule has 0 bridgehead atoms. The summed E-state index contributed by atoms with van der Waals surface area (Å²) in [6, 6.07) is 16.8. The molecular formula is C23H16BrClF2N4OS. The molecule has 0 aliphatic heterocycles. The number of amides is 1. The van der Waals surface area contributed by atoms with E-state index in [0.717, 1.165) is 29.1 Å². The molecule has 3 aromatic carbocycles. The van der Waals surface area contributed by atoms with Gasteiger partial charge in [0.15, 0.2) is 16.8 Å². The molecule has 4 rings (SSSR count). The van der Waals surface area contributed by atoms with Gasteiger partial charge in [-0.2, -0.15) is 0 Å². The van der Waals surface area contributed by atoms with Gasteiger partial charge in [0.25, 0.3) is 0 Å². The van der Waals surface area contributed by atoms with Crippen LogP contribution in [0.4, 0.5) is 14.5 Å². The maximum Gasteiger partial charge on any atom is 0.234 e. The van der Waals surface area contributed by atoms with Gasteiger partial charge in [-0.3, -0.25) is 9.36 Å². The van der Waals surface area contributed by atoms with Gasteiger partial charge in [-0.25, -0.2) is 8.78 Å². The van der Waals surface area contributed by atoms with Gasteiger partial charge < -0.3 is 5.32 Å². The Labute approximate surface area is 206 Å². The lowest BCUT2D eigenvalue weighted by Crippen LogP contribution is -2.16. The molecule has 0 aliphatic rings. The zero-order chi connectivity index (χ0) is 23.5. The van der Waals surface area contributed by atoms with Crippen LogP contribution in [0, 0.1) is 18.6 Å². The molecule has 0 radical (unpaired) electrons. The summed E-state index contributed by atoms with van der Waals surface area (Å²) in [6.07, 6.45) is 0. The molecule has 10 heteroatoms. The first-order chi connectivity index (χ1) is 15.8. The maximum atomic E-state index is 14.1. The van der Waals surface area contributed by atoms with E-state index in [1.54, 1.807) is 6.07 Å². The number of hydrogen-bond acceptors (Lipinski definition) is 4. The zero-order valence-electron chi connectivity index (χ0n) is 17.2. The highest BCUT2D eigenvalue weighted by Crippen LogP contribution is 2.32. The second-order valence-corrected chi connectivity index (χ2v) is 9.24. The first-order valence-electron chi connectivity index (χ1n) is 9.68. The molecule has 0 spiro atoms. The molecule has 168 valence electrons. The van der Waals surface area contributed by atoms with Crippen LogP contribution in [0.2, 0.25) is 5.02 Å². The minimum Gasteiger partial charge on any atom is -0.322 e. The monoisotopic (exact) mass is 548 g/mol. The average Bonchev–Trinajstić information content (AvgIpc) is 3.19. The Morgan fingerprint density at radius 3 is 2.55 bits per heavy atom. The number of carbonyl (C=O) groups excluding carboxylic acids is 1. The Balaban J connectivity index is 1.62. The smallest absolute Gasteiger partial charge is 0.234 e. The number of hydrogen-bond donors (Lipinski definition) is 1. The highest BCUT2D eigenvalue weighted by molar-refractivity contribution is 9.10. The molecule has 0 atom stereocenters. The van der Waals surface area contributed by atoms with Crippen molar-refractivity contribution in [3.05, 3.63) is 87.4 Å². The van der Waals surface area contributed by atoms with Crippen LogP contribution in [0.3, 0.4) is 0 Å². The van der Waals surface area contributed by atoms with Crippen molar-refractivity contribution in [1.82, 2.24) is 14.8 Å². The highest BCUT2D eigenvalue weighted by Gasteiger charge is 2.20. The number of thioether (sulfide) groups is 1. The van der Waals surface area contributed by atoms with Crippen molar-refractivity contribution < 1.29 is 13.6 Å². The third-order valence-corrected chi connectivity index (χ3v) is 6.53. The summed E-state index contributed by atoms with van der Waals surface area (Å²) >= 11 is 10.6. The molecule has 1 N–H and O–H groups in total. The lowest BCUT2D eigenvalue weighted by Gasteiger charge is -2.12. The van der Waals surface area contributed by atoms with Crippen molar-refractivity contribution in [3.63, 3.8) is 0 Å². The normalized spacial score (nSPS) is 10.9. The number of halogens is 4. The molecule has 1 amide bonds. The summed E-state index contributed by atoms with van der Waals surface area (Å²) < 4.78 is 29.3. The summed E-state index contributed by atoms with van der Waals surface area (Å²) in [4.78, 5) is 12.5. The van der Waals surface area contributed by atoms with Gasteiger partial charge in [-0.05, 0) is 53.2 Å². The van der Waals surface area contributed by atoms with Gasteiger partial charge in [-0.15, -0.1) is 10.2 Å². The largest absolute Gasteiger partial charge is 0.322 e. The van der Waals surface area contributed by atoms with Crippen LogP contribution in [0.25, 0.3) is 17.1 Å². The van der Waals surface area contributed by atoms with Gasteiger partial charge in [-0.1, -0.05) is 53.2 Å². The van der Waals surface area contributed by atoms with E-state index in [1.165, 1.54) is 0 Å². The van der Waals surface area contributed by atoms with Crippen molar-refractivity contribution in [2.24, 2.45) is 0 Å². The van der Waals surface area contributed by atoms with Crippen molar-refractivity contribution in [2.75, 3.05) is 11.1 Å². The van der Waals surface area contributed by atoms with Crippen LogP contribution in [0.5, 0.6) is 0 Å². The van der Waals surface area contributed by atoms with Crippen LogP contribution < -0.4 is 5.32 Å². The van der Waals surface area contributed by atoms with Crippen LogP contribution in [-0.4, -0.2) is 26.4 Å². The van der Waals surface area contributed by atoms with Crippen LogP contribution in [0.1, 0.15) is 5.56 Å². The number of benzene rings is 3. The number of nitrogens with zero attached hydrogens (tertiary/aromatic N) is 3. The molecule has 4 aromatic rings. The molecule has 1 aromatic heterocycles. The maximum absolute atomic E-state index is 14.1. The minimum atomic E-state index is -0.871. The van der Waals surface area contributed by atoms with E-state index in [4.69, 9.17) is 11.6 Å². The van der Waals surface area contributed by atoms with Crippen molar-refractivity contribution in [2.45, 2.75) is 12.1 Å². The summed E-state index contributed by atoms with van der Waals surface area (Å²) in [5, 5.41) is 12.0. The summed E-state index contributed by atoms with van der Waals surface area (Å²) in [5.74, 6) is -1.65. The van der Waals surface area contributed by atoms with E-state index in [-0.39, 0.29) is 15.9 Å². The average molecular weight is 550 g/mol. The molecule has 0 aliphatic carbocycles. The second-order valence-electron chi connectivity index (χ2n) is 7.04. The number of aromatic nitrogens is 3. The Morgan fingerprint density at radius 1 is 1.12 bits per heavy atom. The fraction of sp³-hybridized carbons (Fsp3) is 0.0870. The fourth-order valence-corrected chi connectivity index (χ4v) is 4.55. The minimum absolute atomic E-state index is 0.0736. The lowest BCUT2D eigenvalue weighted by molar-refractivity contribution is -0.113. The van der Waals surface area contributed by atoms with Crippen molar-refractivity contribution >= 4 is 50.9 Å². The van der Waals surface area contributed by atoms with E-state index in [9.17, 15) is 13.6 Å². The fourth-order valence-electron chi connectivity index (χ4n) is 3.07. The third kappa shape index (κ3) is 5.26. The number of rotatable bonds is 6. The predicted molar refractivity (Wildman–Crippen MR) is 130 cm³/mol. The Morgan fingerprint density at radius 2 is 1.85 bits per heavy atom. The Kier molecular flexibility index (Phi) is 7.11. The van der Waals surface area contributed by atoms with Gasteiger partial charge in [0.2, 0.25) is 5.91 Å². The van der Waals surface area contributed by atoms with Crippen molar-refractivity contribution in [3.8, 4) is 17.1 Å². The number of anilines is 1. The second kappa shape index (κ2) is 10.0. The molecule has 0 unspecified atom stereocenters. The van der Waals surface area contributed by atoms with Crippen LogP contribution in [0.15, 0.2) is 70.3 Å². The number of aryl methyl sites for hydroxylation is 1. The molecule has 0 saturated carbocycles. The van der Waals surface area contributed by atoms with E-state index < -0.39 is 17.5 Å². The predicted octanol–water partition coefficient (Wildman–Crippen LogP) is 6.67. The summed E-state index contributed by atoms with van der Waals surface area (Å²) in [6.45, 7) is 1.98. The first kappa shape index (κ1) is 23.4. The Bertz CT molecular complexity index is 1310. The Hall–Kier alpha value is -2.75. The van der Waals surface area contributed by atoms with Crippen LogP contribution in [-0.2, 0) is 4.79 Å². The van der Waals surface area contributed by atoms with Gasteiger partial charge in [0.1, 0.15) is 5.82 Å². The number of carbonyl (C=O) groups is 1. The van der Waals surface area contributed by atoms with Crippen molar-refractivity contribution in [1.29, 1.82) is 0 Å². The number of nitrogens with one attached hydrogen (secondary N) is 1. The quantitative estimate of drug-likeness (QED) is 0.273. The topological polar surface area (TPSA) is 59.8 Å². The standard InChI is InChI=1S/C23H16BrClF2N4OS/c1-13-6-8-15(9-7-13)31-22(16-4-2-3-5-18(16)25)29-30-23(31)33-12-20(32)28-21-17(24)10-14(26)11-19(21)27/h2-11H,12H2,1H3,(H,28,32). The van der Waals surface area contributed by atoms with Crippen LogP contribution >= 0.6 is 39.3 Å². The van der Waals surface area contributed by atoms with Gasteiger partial charge in [0, 0.05) is 21.8 Å². The van der Waals surface area contributed by atoms with E-state index in [2.05, 4.69) is 31.4 Å².